The van der Waals surface area contributed by atoms with Crippen molar-refractivity contribution in [2.75, 3.05) is 5.32 Å². The average molecular weight is 284 g/mol. The van der Waals surface area contributed by atoms with Crippen molar-refractivity contribution in [3.05, 3.63) is 47.2 Å². The molecule has 0 aliphatic carbocycles. The lowest BCUT2D eigenvalue weighted by atomic mass is 10.1. The fraction of sp³-hybridized carbons (Fsp3) is 0.312. The molecule has 110 valence electrons. The molecule has 1 heterocycles. The lowest BCUT2D eigenvalue weighted by molar-refractivity contribution is 0.0937. The van der Waals surface area contributed by atoms with Crippen molar-refractivity contribution in [3.8, 4) is 0 Å². The highest BCUT2D eigenvalue weighted by Crippen LogP contribution is 2.17. The second-order valence-electron chi connectivity index (χ2n) is 5.43. The Morgan fingerprint density at radius 1 is 1.05 bits per heavy atom. The van der Waals surface area contributed by atoms with Crippen LogP contribution in [0.1, 0.15) is 35.5 Å². The predicted octanol–water partition coefficient (Wildman–Crippen LogP) is 2.98. The number of rotatable bonds is 4. The normalized spacial score (nSPS) is 10.5. The monoisotopic (exact) mass is 284 g/mol. The van der Waals surface area contributed by atoms with Gasteiger partial charge >= 0.3 is 0 Å². The maximum Gasteiger partial charge on any atom is 0.271 e. The molecule has 0 radical (unpaired) electrons. The van der Waals surface area contributed by atoms with E-state index in [9.17, 15) is 4.79 Å². The fourth-order valence-electron chi connectivity index (χ4n) is 2.05. The Labute approximate surface area is 124 Å². The zero-order valence-electron chi connectivity index (χ0n) is 12.8. The average Bonchev–Trinajstić information content (AvgIpc) is 2.37. The SMILES string of the molecule is Cc1cc(C)cc(Nc2ccc(C(=O)NC(C)C)nn2)c1. The van der Waals surface area contributed by atoms with E-state index in [1.165, 1.54) is 11.1 Å². The van der Waals surface area contributed by atoms with Crippen molar-refractivity contribution in [2.45, 2.75) is 33.7 Å². The number of carbonyl (C=O) groups excluding carboxylic acids is 1. The molecular weight excluding hydrogens is 264 g/mol. The first-order valence-electron chi connectivity index (χ1n) is 6.94. The lowest BCUT2D eigenvalue weighted by Gasteiger charge is -2.09. The maximum atomic E-state index is 11.8. The number of benzene rings is 1. The third kappa shape index (κ3) is 4.27. The topological polar surface area (TPSA) is 66.9 Å². The van der Waals surface area contributed by atoms with Gasteiger partial charge in [0.1, 0.15) is 0 Å². The van der Waals surface area contributed by atoms with E-state index in [1.807, 2.05) is 39.8 Å². The lowest BCUT2D eigenvalue weighted by Crippen LogP contribution is -2.30. The first-order chi connectivity index (χ1) is 9.94. The summed E-state index contributed by atoms with van der Waals surface area (Å²) in [5.74, 6) is 0.400. The van der Waals surface area contributed by atoms with Crippen LogP contribution in [0.4, 0.5) is 11.5 Å². The molecule has 5 heteroatoms. The van der Waals surface area contributed by atoms with Crippen LogP contribution < -0.4 is 10.6 Å². The van der Waals surface area contributed by atoms with Crippen LogP contribution in [0.2, 0.25) is 0 Å². The molecule has 0 aliphatic rings. The van der Waals surface area contributed by atoms with E-state index in [1.54, 1.807) is 12.1 Å². The van der Waals surface area contributed by atoms with Crippen LogP contribution in [0.5, 0.6) is 0 Å². The van der Waals surface area contributed by atoms with Crippen LogP contribution in [0, 0.1) is 13.8 Å². The van der Waals surface area contributed by atoms with E-state index in [0.717, 1.165) is 5.69 Å². The molecule has 5 nitrogen and oxygen atoms in total. The molecular formula is C16H20N4O. The van der Waals surface area contributed by atoms with Crippen LogP contribution in [0.15, 0.2) is 30.3 Å². The van der Waals surface area contributed by atoms with E-state index < -0.39 is 0 Å². The second-order valence-corrected chi connectivity index (χ2v) is 5.43. The van der Waals surface area contributed by atoms with Gasteiger partial charge in [0.25, 0.3) is 5.91 Å². The molecule has 1 amide bonds. The number of aryl methyl sites for hydroxylation is 2. The Kier molecular flexibility index (Phi) is 4.52. The fourth-order valence-corrected chi connectivity index (χ4v) is 2.05. The van der Waals surface area contributed by atoms with Gasteiger partial charge < -0.3 is 10.6 Å². The minimum absolute atomic E-state index is 0.0763. The Hall–Kier alpha value is -2.43. The Bertz CT molecular complexity index is 615. The minimum atomic E-state index is -0.213. The first-order valence-corrected chi connectivity index (χ1v) is 6.94. The molecule has 2 rings (SSSR count). The van der Waals surface area contributed by atoms with Gasteiger partial charge in [-0.05, 0) is 63.1 Å². The van der Waals surface area contributed by atoms with Crippen molar-refractivity contribution in [1.29, 1.82) is 0 Å². The van der Waals surface area contributed by atoms with Crippen LogP contribution >= 0.6 is 0 Å². The number of amides is 1. The standard InChI is InChI=1S/C16H20N4O/c1-10(2)17-16(21)14-5-6-15(20-19-14)18-13-8-11(3)7-12(4)9-13/h5-10H,1-4H3,(H,17,21)(H,18,20). The number of anilines is 2. The highest BCUT2D eigenvalue weighted by Gasteiger charge is 2.09. The zero-order valence-corrected chi connectivity index (χ0v) is 12.8. The second kappa shape index (κ2) is 6.35. The van der Waals surface area contributed by atoms with Crippen molar-refractivity contribution in [3.63, 3.8) is 0 Å². The molecule has 1 aromatic carbocycles. The van der Waals surface area contributed by atoms with Crippen LogP contribution in [0.25, 0.3) is 0 Å². The molecule has 2 N–H and O–H groups in total. The summed E-state index contributed by atoms with van der Waals surface area (Å²) in [4.78, 5) is 11.8. The van der Waals surface area contributed by atoms with Gasteiger partial charge in [0, 0.05) is 11.7 Å². The smallest absolute Gasteiger partial charge is 0.271 e. The number of hydrogen-bond donors (Lipinski definition) is 2. The quantitative estimate of drug-likeness (QED) is 0.905. The van der Waals surface area contributed by atoms with Gasteiger partial charge in [-0.15, -0.1) is 10.2 Å². The summed E-state index contributed by atoms with van der Waals surface area (Å²) in [6, 6.07) is 9.67. The molecule has 0 unspecified atom stereocenters. The summed E-state index contributed by atoms with van der Waals surface area (Å²) >= 11 is 0. The Morgan fingerprint density at radius 3 is 2.24 bits per heavy atom. The highest BCUT2D eigenvalue weighted by atomic mass is 16.1. The number of nitrogens with one attached hydrogen (secondary N) is 2. The molecule has 0 fully saturated rings. The minimum Gasteiger partial charge on any atom is -0.348 e. The number of hydrogen-bond acceptors (Lipinski definition) is 4. The molecule has 0 spiro atoms. The molecule has 0 bridgehead atoms. The molecule has 0 saturated heterocycles. The summed E-state index contributed by atoms with van der Waals surface area (Å²) < 4.78 is 0. The third-order valence-electron chi connectivity index (χ3n) is 2.81. The van der Waals surface area contributed by atoms with Crippen molar-refractivity contribution >= 4 is 17.4 Å². The van der Waals surface area contributed by atoms with Gasteiger partial charge in [-0.1, -0.05) is 6.07 Å². The largest absolute Gasteiger partial charge is 0.348 e. The summed E-state index contributed by atoms with van der Waals surface area (Å²) in [7, 11) is 0. The number of nitrogens with zero attached hydrogens (tertiary/aromatic N) is 2. The third-order valence-corrected chi connectivity index (χ3v) is 2.81. The molecule has 1 aromatic heterocycles. The van der Waals surface area contributed by atoms with Gasteiger partial charge in [-0.2, -0.15) is 0 Å². The van der Waals surface area contributed by atoms with Crippen LogP contribution in [-0.2, 0) is 0 Å². The van der Waals surface area contributed by atoms with Crippen LogP contribution in [0.3, 0.4) is 0 Å². The molecule has 0 saturated carbocycles. The Balaban J connectivity index is 2.10. The summed E-state index contributed by atoms with van der Waals surface area (Å²) in [6.07, 6.45) is 0. The van der Waals surface area contributed by atoms with Gasteiger partial charge in [-0.25, -0.2) is 0 Å². The molecule has 0 aliphatic heterocycles. The van der Waals surface area contributed by atoms with Crippen molar-refractivity contribution in [1.82, 2.24) is 15.5 Å². The van der Waals surface area contributed by atoms with Gasteiger partial charge in [0.2, 0.25) is 0 Å². The zero-order chi connectivity index (χ0) is 15.4. The summed E-state index contributed by atoms with van der Waals surface area (Å²) in [5.41, 5.74) is 3.63. The van der Waals surface area contributed by atoms with Crippen molar-refractivity contribution in [2.24, 2.45) is 0 Å². The highest BCUT2D eigenvalue weighted by molar-refractivity contribution is 5.92. The van der Waals surface area contributed by atoms with E-state index in [4.69, 9.17) is 0 Å². The van der Waals surface area contributed by atoms with E-state index in [2.05, 4.69) is 26.9 Å². The number of carbonyl (C=O) groups is 1. The van der Waals surface area contributed by atoms with Crippen molar-refractivity contribution < 1.29 is 4.79 Å². The van der Waals surface area contributed by atoms with E-state index >= 15 is 0 Å². The van der Waals surface area contributed by atoms with Gasteiger partial charge in [-0.3, -0.25) is 4.79 Å². The summed E-state index contributed by atoms with van der Waals surface area (Å²) in [5, 5.41) is 14.0. The van der Waals surface area contributed by atoms with Gasteiger partial charge in [0.05, 0.1) is 0 Å². The van der Waals surface area contributed by atoms with E-state index in [-0.39, 0.29) is 11.9 Å². The molecule has 2 aromatic rings. The summed E-state index contributed by atoms with van der Waals surface area (Å²) in [6.45, 7) is 7.90. The van der Waals surface area contributed by atoms with Gasteiger partial charge in [0.15, 0.2) is 11.5 Å². The maximum absolute atomic E-state index is 11.8. The van der Waals surface area contributed by atoms with E-state index in [0.29, 0.717) is 11.5 Å². The molecule has 0 atom stereocenters. The number of aromatic nitrogens is 2. The van der Waals surface area contributed by atoms with Crippen LogP contribution in [-0.4, -0.2) is 22.1 Å². The molecule has 21 heavy (non-hydrogen) atoms. The Morgan fingerprint density at radius 2 is 1.71 bits per heavy atom. The predicted molar refractivity (Wildman–Crippen MR) is 83.8 cm³/mol. The first kappa shape index (κ1) is 15.0.